The molecule has 0 spiro atoms. The van der Waals surface area contributed by atoms with Gasteiger partial charge in [-0.15, -0.1) is 0 Å². The maximum atomic E-state index is 13.2. The number of alkyl halides is 2. The maximum absolute atomic E-state index is 13.2. The third kappa shape index (κ3) is 2.82. The Morgan fingerprint density at radius 3 is 2.76 bits per heavy atom. The Morgan fingerprint density at radius 1 is 1.24 bits per heavy atom. The van der Waals surface area contributed by atoms with E-state index in [0.29, 0.717) is 5.69 Å². The first-order chi connectivity index (χ1) is 12.0. The van der Waals surface area contributed by atoms with Gasteiger partial charge in [-0.3, -0.25) is 9.88 Å². The number of pyridine rings is 1. The highest BCUT2D eigenvalue weighted by Gasteiger charge is 2.40. The molecule has 2 aromatic rings. The standard InChI is InChI=1S/C20H20F2N2O/c1-12-8-16-15-5-3-2-4-13(15)9-17(16)20(24(12)11-19(21)22)18-7-6-14(25)10-23-18/h2-7,10,12,19-20,25H,8-9,11H2,1H3/t12-,20+/m1/s1. The van der Waals surface area contributed by atoms with Gasteiger partial charge < -0.3 is 5.11 Å². The number of hydrogen-bond donors (Lipinski definition) is 1. The van der Waals surface area contributed by atoms with Gasteiger partial charge in [0.2, 0.25) is 0 Å². The minimum Gasteiger partial charge on any atom is -0.506 e. The lowest BCUT2D eigenvalue weighted by atomic mass is 9.87. The summed E-state index contributed by atoms with van der Waals surface area (Å²) in [5, 5.41) is 9.54. The third-order valence-corrected chi connectivity index (χ3v) is 5.24. The quantitative estimate of drug-likeness (QED) is 0.908. The average molecular weight is 342 g/mol. The molecule has 0 radical (unpaired) electrons. The summed E-state index contributed by atoms with van der Waals surface area (Å²) >= 11 is 0. The molecular formula is C20H20F2N2O. The van der Waals surface area contributed by atoms with Gasteiger partial charge in [0.05, 0.1) is 24.5 Å². The first-order valence-corrected chi connectivity index (χ1v) is 8.53. The number of rotatable bonds is 3. The van der Waals surface area contributed by atoms with Crippen LogP contribution >= 0.6 is 0 Å². The molecular weight excluding hydrogens is 322 g/mol. The summed E-state index contributed by atoms with van der Waals surface area (Å²) in [6.45, 7) is 1.72. The highest BCUT2D eigenvalue weighted by molar-refractivity contribution is 5.78. The second-order valence-electron chi connectivity index (χ2n) is 6.82. The average Bonchev–Trinajstić information content (AvgIpc) is 2.94. The van der Waals surface area contributed by atoms with E-state index in [1.165, 1.54) is 22.9 Å². The van der Waals surface area contributed by atoms with Crippen molar-refractivity contribution in [2.24, 2.45) is 0 Å². The zero-order chi connectivity index (χ0) is 17.6. The second-order valence-corrected chi connectivity index (χ2v) is 6.82. The summed E-state index contributed by atoms with van der Waals surface area (Å²) in [5.74, 6) is 0.0805. The fourth-order valence-electron chi connectivity index (χ4n) is 4.18. The molecule has 2 heterocycles. The van der Waals surface area contributed by atoms with Crippen molar-refractivity contribution in [3.8, 4) is 5.75 Å². The summed E-state index contributed by atoms with van der Waals surface area (Å²) in [7, 11) is 0. The van der Waals surface area contributed by atoms with E-state index in [9.17, 15) is 13.9 Å². The van der Waals surface area contributed by atoms with Gasteiger partial charge in [-0.25, -0.2) is 8.78 Å². The molecule has 5 heteroatoms. The third-order valence-electron chi connectivity index (χ3n) is 5.24. The van der Waals surface area contributed by atoms with Crippen molar-refractivity contribution in [1.29, 1.82) is 0 Å². The van der Waals surface area contributed by atoms with E-state index in [2.05, 4.69) is 17.1 Å². The van der Waals surface area contributed by atoms with Crippen molar-refractivity contribution < 1.29 is 13.9 Å². The summed E-state index contributed by atoms with van der Waals surface area (Å²) in [6, 6.07) is 11.3. The lowest BCUT2D eigenvalue weighted by Gasteiger charge is -2.41. The highest BCUT2D eigenvalue weighted by Crippen LogP contribution is 2.48. The van der Waals surface area contributed by atoms with E-state index in [1.807, 2.05) is 24.0 Å². The van der Waals surface area contributed by atoms with Crippen LogP contribution in [0.2, 0.25) is 0 Å². The van der Waals surface area contributed by atoms with E-state index in [-0.39, 0.29) is 24.4 Å². The Labute approximate surface area is 145 Å². The number of fused-ring (bicyclic) bond motifs is 2. The molecule has 3 nitrogen and oxygen atoms in total. The molecule has 2 atom stereocenters. The molecule has 1 aliphatic heterocycles. The van der Waals surface area contributed by atoms with Gasteiger partial charge in [0, 0.05) is 6.04 Å². The van der Waals surface area contributed by atoms with Gasteiger partial charge in [-0.1, -0.05) is 24.3 Å². The number of hydrogen-bond acceptors (Lipinski definition) is 3. The van der Waals surface area contributed by atoms with Crippen LogP contribution in [-0.4, -0.2) is 34.0 Å². The van der Waals surface area contributed by atoms with Gasteiger partial charge in [-0.2, -0.15) is 0 Å². The van der Waals surface area contributed by atoms with Crippen molar-refractivity contribution in [2.45, 2.75) is 38.3 Å². The minimum atomic E-state index is -2.40. The SMILES string of the molecule is C[C@@H]1CC2=C(Cc3ccccc32)[C@@H](c2ccc(O)cn2)N1CC(F)F. The van der Waals surface area contributed by atoms with Gasteiger partial charge in [0.25, 0.3) is 6.43 Å². The molecule has 0 saturated carbocycles. The van der Waals surface area contributed by atoms with Crippen LogP contribution in [0, 0.1) is 0 Å². The Bertz CT molecular complexity index is 817. The zero-order valence-corrected chi connectivity index (χ0v) is 14.0. The van der Waals surface area contributed by atoms with Crippen LogP contribution in [0.5, 0.6) is 5.75 Å². The smallest absolute Gasteiger partial charge is 0.251 e. The first-order valence-electron chi connectivity index (χ1n) is 8.53. The van der Waals surface area contributed by atoms with E-state index < -0.39 is 6.43 Å². The van der Waals surface area contributed by atoms with Crippen LogP contribution in [0.15, 0.2) is 48.2 Å². The Kier molecular flexibility index (Phi) is 4.04. The predicted molar refractivity (Wildman–Crippen MR) is 92.5 cm³/mol. The fraction of sp³-hybridized carbons (Fsp3) is 0.350. The molecule has 2 aliphatic rings. The van der Waals surface area contributed by atoms with Crippen LogP contribution in [0.25, 0.3) is 5.57 Å². The lowest BCUT2D eigenvalue weighted by Crippen LogP contribution is -2.43. The largest absolute Gasteiger partial charge is 0.506 e. The van der Waals surface area contributed by atoms with Crippen molar-refractivity contribution >= 4 is 5.57 Å². The van der Waals surface area contributed by atoms with Gasteiger partial charge in [0.1, 0.15) is 5.75 Å². The molecule has 0 unspecified atom stereocenters. The van der Waals surface area contributed by atoms with Crippen molar-refractivity contribution in [3.63, 3.8) is 0 Å². The van der Waals surface area contributed by atoms with Crippen LogP contribution < -0.4 is 0 Å². The van der Waals surface area contributed by atoms with Crippen molar-refractivity contribution in [2.75, 3.05) is 6.54 Å². The second kappa shape index (κ2) is 6.23. The van der Waals surface area contributed by atoms with Gasteiger partial charge >= 0.3 is 0 Å². The van der Waals surface area contributed by atoms with Crippen molar-refractivity contribution in [1.82, 2.24) is 9.88 Å². The Hall–Kier alpha value is -2.27. The fourth-order valence-corrected chi connectivity index (χ4v) is 4.18. The molecule has 1 aliphatic carbocycles. The van der Waals surface area contributed by atoms with E-state index in [0.717, 1.165) is 18.4 Å². The summed E-state index contributed by atoms with van der Waals surface area (Å²) in [4.78, 5) is 6.20. The van der Waals surface area contributed by atoms with Crippen LogP contribution in [0.3, 0.4) is 0 Å². The first kappa shape index (κ1) is 16.2. The van der Waals surface area contributed by atoms with Gasteiger partial charge in [0.15, 0.2) is 0 Å². The zero-order valence-electron chi connectivity index (χ0n) is 14.0. The van der Waals surface area contributed by atoms with Gasteiger partial charge in [-0.05, 0) is 54.2 Å². The molecule has 130 valence electrons. The molecule has 0 bridgehead atoms. The summed E-state index contributed by atoms with van der Waals surface area (Å²) < 4.78 is 26.5. The summed E-state index contributed by atoms with van der Waals surface area (Å²) in [6.07, 6.45) is 0.532. The molecule has 0 amide bonds. The summed E-state index contributed by atoms with van der Waals surface area (Å²) in [5.41, 5.74) is 5.64. The number of aromatic nitrogens is 1. The molecule has 0 saturated heterocycles. The molecule has 1 N–H and O–H groups in total. The topological polar surface area (TPSA) is 36.4 Å². The minimum absolute atomic E-state index is 0.000454. The number of halogens is 2. The molecule has 25 heavy (non-hydrogen) atoms. The van der Waals surface area contributed by atoms with E-state index >= 15 is 0 Å². The Balaban J connectivity index is 1.82. The maximum Gasteiger partial charge on any atom is 0.251 e. The molecule has 4 rings (SSSR count). The van der Waals surface area contributed by atoms with Crippen LogP contribution in [-0.2, 0) is 6.42 Å². The van der Waals surface area contributed by atoms with Crippen LogP contribution in [0.4, 0.5) is 8.78 Å². The molecule has 1 aromatic heterocycles. The predicted octanol–water partition coefficient (Wildman–Crippen LogP) is 4.20. The van der Waals surface area contributed by atoms with E-state index in [1.54, 1.807) is 12.1 Å². The van der Waals surface area contributed by atoms with Crippen molar-refractivity contribution in [3.05, 3.63) is 65.0 Å². The Morgan fingerprint density at radius 2 is 2.04 bits per heavy atom. The highest BCUT2D eigenvalue weighted by atomic mass is 19.3. The lowest BCUT2D eigenvalue weighted by molar-refractivity contribution is 0.0472. The molecule has 1 aromatic carbocycles. The number of benzene rings is 1. The number of nitrogens with zero attached hydrogens (tertiary/aromatic N) is 2. The monoisotopic (exact) mass is 342 g/mol. The van der Waals surface area contributed by atoms with Crippen LogP contribution in [0.1, 0.15) is 36.2 Å². The normalized spacial score (nSPS) is 23.0. The molecule has 0 fully saturated rings. The van der Waals surface area contributed by atoms with E-state index in [4.69, 9.17) is 0 Å². The number of aromatic hydroxyl groups is 1.